The number of carbonyl (C=O) groups excluding carboxylic acids is 1. The molecule has 0 bridgehead atoms. The highest BCUT2D eigenvalue weighted by Gasteiger charge is 2.60. The summed E-state index contributed by atoms with van der Waals surface area (Å²) in [7, 11) is 4.78. The first-order valence-electron chi connectivity index (χ1n) is 24.6. The van der Waals surface area contributed by atoms with Crippen molar-refractivity contribution in [1.82, 2.24) is 0 Å². The summed E-state index contributed by atoms with van der Waals surface area (Å²) in [5.74, 6) is -1.73. The smallest absolute Gasteiger partial charge is 0.316 e. The SMILES string of the molecule is CCOC(=O)[C@@H]1C=C(C)[C@@H](OC)[C@H]2OC/C(=C\C=C\[C@H](C)[C@H](O[C@H]3C[C@H](OC)[C@@H](O[C@H]4C[C@H](OC)[C@@H](O)[C@H](C)O4)[C@H](C)O3)/C(C)=C/C[C@@H]3C[C@H](O)C[C@]4(CC[C@H](C)[C@@H]([C@@H](C)CC)O4)O3)[C@]21O. The van der Waals surface area contributed by atoms with Crippen LogP contribution in [0.25, 0.3) is 0 Å². The lowest BCUT2D eigenvalue weighted by molar-refractivity contribution is -0.340. The minimum Gasteiger partial charge on any atom is -0.465 e. The molecule has 0 aromatic rings. The van der Waals surface area contributed by atoms with Gasteiger partial charge in [0.25, 0.3) is 0 Å². The molecular weight excluding hydrogens is 853 g/mol. The number of allylic oxidation sites excluding steroid dienone is 2. The van der Waals surface area contributed by atoms with E-state index in [2.05, 4.69) is 33.8 Å². The van der Waals surface area contributed by atoms with E-state index in [-0.39, 0.29) is 31.3 Å². The van der Waals surface area contributed by atoms with Crippen molar-refractivity contribution in [2.24, 2.45) is 23.7 Å². The zero-order chi connectivity index (χ0) is 48.1. The first-order chi connectivity index (χ1) is 31.4. The van der Waals surface area contributed by atoms with Gasteiger partial charge in [0, 0.05) is 59.4 Å². The average Bonchev–Trinajstić information content (AvgIpc) is 3.62. The van der Waals surface area contributed by atoms with Gasteiger partial charge in [-0.3, -0.25) is 4.79 Å². The van der Waals surface area contributed by atoms with Gasteiger partial charge in [0.2, 0.25) is 0 Å². The van der Waals surface area contributed by atoms with E-state index < -0.39 is 96.9 Å². The van der Waals surface area contributed by atoms with Crippen LogP contribution in [-0.4, -0.2) is 153 Å². The largest absolute Gasteiger partial charge is 0.465 e. The number of aliphatic hydroxyl groups is 3. The molecule has 5 fully saturated rings. The van der Waals surface area contributed by atoms with E-state index in [1.165, 1.54) is 0 Å². The molecule has 5 aliphatic heterocycles. The topological polar surface area (TPSA) is 179 Å². The minimum atomic E-state index is -1.67. The number of fused-ring (bicyclic) bond motifs is 1. The van der Waals surface area contributed by atoms with Crippen LogP contribution in [0.15, 0.2) is 47.1 Å². The Morgan fingerprint density at radius 3 is 2.36 bits per heavy atom. The second-order valence-corrected chi connectivity index (χ2v) is 19.9. The number of esters is 1. The van der Waals surface area contributed by atoms with Gasteiger partial charge < -0.3 is 67.4 Å². The van der Waals surface area contributed by atoms with Crippen molar-refractivity contribution in [3.8, 4) is 0 Å². The van der Waals surface area contributed by atoms with Gasteiger partial charge >= 0.3 is 5.97 Å². The predicted octanol–water partition coefficient (Wildman–Crippen LogP) is 6.25. The maximum Gasteiger partial charge on any atom is 0.316 e. The monoisotopic (exact) mass is 935 g/mol. The summed E-state index contributed by atoms with van der Waals surface area (Å²) in [4.78, 5) is 13.3. The third-order valence-corrected chi connectivity index (χ3v) is 15.2. The third-order valence-electron chi connectivity index (χ3n) is 15.2. The highest BCUT2D eigenvalue weighted by atomic mass is 16.7. The van der Waals surface area contributed by atoms with E-state index in [0.29, 0.717) is 49.5 Å². The first kappa shape index (κ1) is 53.3. The molecule has 0 amide bonds. The zero-order valence-electron chi connectivity index (χ0n) is 41.6. The minimum absolute atomic E-state index is 0.0682. The van der Waals surface area contributed by atoms with Gasteiger partial charge in [-0.1, -0.05) is 64.5 Å². The van der Waals surface area contributed by atoms with Gasteiger partial charge in [0.05, 0.1) is 62.0 Å². The second-order valence-electron chi connectivity index (χ2n) is 19.9. The summed E-state index contributed by atoms with van der Waals surface area (Å²) in [5, 5.41) is 34.1. The van der Waals surface area contributed by atoms with Crippen LogP contribution in [0, 0.1) is 23.7 Å². The second kappa shape index (κ2) is 23.2. The fourth-order valence-electron chi connectivity index (χ4n) is 11.2. The number of hydrogen-bond donors (Lipinski definition) is 3. The van der Waals surface area contributed by atoms with Gasteiger partial charge in [0.15, 0.2) is 18.4 Å². The van der Waals surface area contributed by atoms with Gasteiger partial charge in [-0.05, 0) is 76.0 Å². The fraction of sp³-hybridized carbons (Fsp3) is 0.824. The van der Waals surface area contributed by atoms with Crippen LogP contribution in [0.1, 0.15) is 114 Å². The molecule has 0 aromatic heterocycles. The van der Waals surface area contributed by atoms with E-state index in [1.54, 1.807) is 41.3 Å². The lowest BCUT2D eigenvalue weighted by atomic mass is 9.71. The molecule has 6 aliphatic rings. The first-order valence-corrected chi connectivity index (χ1v) is 24.6. The Bertz CT molecular complexity index is 1710. The van der Waals surface area contributed by atoms with Crippen molar-refractivity contribution in [1.29, 1.82) is 0 Å². The van der Waals surface area contributed by atoms with Crippen LogP contribution in [0.4, 0.5) is 0 Å². The van der Waals surface area contributed by atoms with E-state index in [4.69, 9.17) is 52.1 Å². The van der Waals surface area contributed by atoms with Crippen LogP contribution in [-0.2, 0) is 56.9 Å². The van der Waals surface area contributed by atoms with Crippen LogP contribution < -0.4 is 0 Å². The molecule has 3 N–H and O–H groups in total. The molecule has 0 aromatic carbocycles. The van der Waals surface area contributed by atoms with E-state index in [1.807, 2.05) is 39.0 Å². The summed E-state index contributed by atoms with van der Waals surface area (Å²) < 4.78 is 68.5. The quantitative estimate of drug-likeness (QED) is 0.110. The molecule has 15 heteroatoms. The number of hydrogen-bond acceptors (Lipinski definition) is 15. The third kappa shape index (κ3) is 11.7. The molecule has 15 nitrogen and oxygen atoms in total. The van der Waals surface area contributed by atoms with Crippen LogP contribution in [0.3, 0.4) is 0 Å². The van der Waals surface area contributed by atoms with E-state index in [9.17, 15) is 20.1 Å². The van der Waals surface area contributed by atoms with Crippen molar-refractivity contribution in [3.05, 3.63) is 47.1 Å². The number of carbonyl (C=O) groups is 1. The van der Waals surface area contributed by atoms with Crippen molar-refractivity contribution < 1.29 is 72.2 Å². The Morgan fingerprint density at radius 1 is 0.970 bits per heavy atom. The summed E-state index contributed by atoms with van der Waals surface area (Å²) >= 11 is 0. The molecule has 5 saturated heterocycles. The lowest BCUT2D eigenvalue weighted by Gasteiger charge is -2.50. The van der Waals surface area contributed by atoms with Crippen LogP contribution in [0.2, 0.25) is 0 Å². The molecule has 1 aliphatic carbocycles. The number of rotatable bonds is 17. The maximum absolute atomic E-state index is 13.3. The highest BCUT2D eigenvalue weighted by molar-refractivity contribution is 5.78. The summed E-state index contributed by atoms with van der Waals surface area (Å²) in [6.07, 6.45) is 7.70. The summed E-state index contributed by atoms with van der Waals surface area (Å²) in [6, 6.07) is 0. The normalized spacial score (nSPS) is 43.1. The van der Waals surface area contributed by atoms with Crippen molar-refractivity contribution in [3.63, 3.8) is 0 Å². The molecule has 20 atom stereocenters. The standard InChI is InChI=1S/C51H82O15/c1-13-28(3)45-31(6)20-21-50(66-45)26-36(52)23-37(65-50)19-18-30(5)44(63-42-25-40(57-11)47(34(9)62-42)64-41-24-39(56-10)43(53)33(8)61-41)29(4)16-15-17-35-27-60-48-46(58-12)32(7)22-38(51(35,48)55)49(54)59-14-2/h15-18,22,28-29,31,33-34,36-48,52-53,55H,13-14,19-21,23-27H2,1-12H3/b16-15+,30-18+,35-17+/t28-,29-,31-,33-,34-,36-,37+,38-,39-,40-,41-,42-,43-,44-,45+,46+,47-,48+,50+,51+/m0/s1. The molecule has 0 saturated carbocycles. The Balaban J connectivity index is 1.23. The Kier molecular flexibility index (Phi) is 18.7. The van der Waals surface area contributed by atoms with E-state index in [0.717, 1.165) is 30.4 Å². The average molecular weight is 935 g/mol. The molecule has 0 radical (unpaired) electrons. The Hall–Kier alpha value is -2.09. The molecule has 66 heavy (non-hydrogen) atoms. The van der Waals surface area contributed by atoms with Gasteiger partial charge in [-0.25, -0.2) is 0 Å². The van der Waals surface area contributed by atoms with Crippen molar-refractivity contribution in [2.45, 2.75) is 211 Å². The van der Waals surface area contributed by atoms with Gasteiger partial charge in [-0.15, -0.1) is 0 Å². The molecule has 376 valence electrons. The van der Waals surface area contributed by atoms with E-state index >= 15 is 0 Å². The Labute approximate surface area is 393 Å². The number of aliphatic hydroxyl groups excluding tert-OH is 2. The fourth-order valence-corrected chi connectivity index (χ4v) is 11.2. The van der Waals surface area contributed by atoms with Gasteiger partial charge in [-0.2, -0.15) is 0 Å². The van der Waals surface area contributed by atoms with Crippen molar-refractivity contribution >= 4 is 5.97 Å². The number of ether oxygens (including phenoxy) is 11. The van der Waals surface area contributed by atoms with Crippen LogP contribution in [0.5, 0.6) is 0 Å². The van der Waals surface area contributed by atoms with Crippen molar-refractivity contribution in [2.75, 3.05) is 34.5 Å². The molecule has 0 unspecified atom stereocenters. The molecular formula is C51H82O15. The summed E-state index contributed by atoms with van der Waals surface area (Å²) in [5.41, 5.74) is 0.614. The number of methoxy groups -OCH3 is 3. The predicted molar refractivity (Wildman–Crippen MR) is 245 cm³/mol. The lowest BCUT2D eigenvalue weighted by Crippen LogP contribution is -2.57. The van der Waals surface area contributed by atoms with Gasteiger partial charge in [0.1, 0.15) is 35.9 Å². The zero-order valence-corrected chi connectivity index (χ0v) is 41.6. The van der Waals surface area contributed by atoms with Crippen LogP contribution >= 0.6 is 0 Å². The summed E-state index contributed by atoms with van der Waals surface area (Å²) in [6.45, 7) is 18.4. The Morgan fingerprint density at radius 2 is 1.68 bits per heavy atom. The highest BCUT2D eigenvalue weighted by Crippen LogP contribution is 2.47. The molecule has 6 rings (SSSR count). The molecule has 5 heterocycles. The maximum atomic E-state index is 13.3. The molecule has 1 spiro atoms.